The Morgan fingerprint density at radius 3 is 2.39 bits per heavy atom. The molecular formula is C27H33F3N6O2. The van der Waals surface area contributed by atoms with Gasteiger partial charge in [-0.15, -0.1) is 0 Å². The van der Waals surface area contributed by atoms with Crippen LogP contribution in [0.2, 0.25) is 0 Å². The number of aliphatic hydroxyl groups excluding tert-OH is 1. The van der Waals surface area contributed by atoms with Crippen molar-refractivity contribution >= 4 is 16.9 Å². The Hall–Kier alpha value is -3.08. The summed E-state index contributed by atoms with van der Waals surface area (Å²) in [6.45, 7) is 3.08. The molecule has 1 aliphatic carbocycles. The molecule has 1 saturated heterocycles. The average molecular weight is 531 g/mol. The molecule has 1 aliphatic heterocycles. The predicted molar refractivity (Wildman–Crippen MR) is 136 cm³/mol. The first-order chi connectivity index (χ1) is 18.2. The smallest absolute Gasteiger partial charge is 0.389 e. The van der Waals surface area contributed by atoms with Crippen LogP contribution in [0, 0.1) is 5.92 Å². The van der Waals surface area contributed by atoms with Gasteiger partial charge in [0.15, 0.2) is 0 Å². The van der Waals surface area contributed by atoms with Crippen molar-refractivity contribution in [1.82, 2.24) is 24.9 Å². The van der Waals surface area contributed by atoms with Crippen molar-refractivity contribution in [2.75, 3.05) is 18.0 Å². The second-order valence-electron chi connectivity index (χ2n) is 10.6. The minimum absolute atomic E-state index is 0.0483. The second-order valence-corrected chi connectivity index (χ2v) is 10.6. The monoisotopic (exact) mass is 530 g/mol. The molecule has 1 saturated carbocycles. The van der Waals surface area contributed by atoms with E-state index in [1.807, 2.05) is 0 Å². The summed E-state index contributed by atoms with van der Waals surface area (Å²) in [6.07, 6.45) is 6.16. The van der Waals surface area contributed by atoms with Crippen LogP contribution < -0.4 is 9.64 Å². The molecule has 0 spiro atoms. The number of piperidine rings is 1. The lowest BCUT2D eigenvalue weighted by Crippen LogP contribution is -2.39. The highest BCUT2D eigenvalue weighted by Crippen LogP contribution is 2.38. The van der Waals surface area contributed by atoms with E-state index in [0.29, 0.717) is 41.4 Å². The lowest BCUT2D eigenvalue weighted by Gasteiger charge is -2.32. The van der Waals surface area contributed by atoms with E-state index in [9.17, 15) is 18.3 Å². The molecule has 38 heavy (non-hydrogen) atoms. The zero-order chi connectivity index (χ0) is 26.7. The third-order valence-electron chi connectivity index (χ3n) is 7.47. The van der Waals surface area contributed by atoms with Gasteiger partial charge in [0.1, 0.15) is 11.9 Å². The molecule has 0 aromatic carbocycles. The van der Waals surface area contributed by atoms with Crippen molar-refractivity contribution in [1.29, 1.82) is 0 Å². The predicted octanol–water partition coefficient (Wildman–Crippen LogP) is 5.01. The minimum Gasteiger partial charge on any atom is -0.474 e. The van der Waals surface area contributed by atoms with Gasteiger partial charge in [0.25, 0.3) is 0 Å². The summed E-state index contributed by atoms with van der Waals surface area (Å²) in [4.78, 5) is 24.6. The van der Waals surface area contributed by atoms with Crippen molar-refractivity contribution < 1.29 is 23.0 Å². The van der Waals surface area contributed by atoms with Crippen molar-refractivity contribution in [3.8, 4) is 5.88 Å². The first-order valence-electron chi connectivity index (χ1n) is 13.3. The number of hydrogen-bond acceptors (Lipinski definition) is 8. The third kappa shape index (κ3) is 6.48. The maximum absolute atomic E-state index is 12.9. The Morgan fingerprint density at radius 1 is 1.00 bits per heavy atom. The van der Waals surface area contributed by atoms with Gasteiger partial charge < -0.3 is 14.7 Å². The van der Waals surface area contributed by atoms with Gasteiger partial charge in [0.05, 0.1) is 17.0 Å². The number of hydrogen-bond donors (Lipinski definition) is 1. The van der Waals surface area contributed by atoms with E-state index < -0.39 is 18.5 Å². The van der Waals surface area contributed by atoms with Crippen LogP contribution >= 0.6 is 0 Å². The third-order valence-corrected chi connectivity index (χ3v) is 7.47. The summed E-state index contributed by atoms with van der Waals surface area (Å²) in [5.41, 5.74) is 1.64. The van der Waals surface area contributed by atoms with Crippen molar-refractivity contribution in [3.05, 3.63) is 42.2 Å². The SMILES string of the molecule is C[C@H](Cc1ncc2c(OC3CCN(c4ncccn4)CC3)ncc(C3CCC(O)CC3)c2n1)CC(F)(F)F. The van der Waals surface area contributed by atoms with Crippen LogP contribution in [0.15, 0.2) is 30.9 Å². The first kappa shape index (κ1) is 26.5. The largest absolute Gasteiger partial charge is 0.474 e. The Morgan fingerprint density at radius 2 is 1.71 bits per heavy atom. The molecule has 8 nitrogen and oxygen atoms in total. The van der Waals surface area contributed by atoms with E-state index in [1.54, 1.807) is 37.8 Å². The summed E-state index contributed by atoms with van der Waals surface area (Å²) in [6, 6.07) is 1.79. The molecule has 0 amide bonds. The number of aliphatic hydroxyl groups is 1. The molecule has 0 radical (unpaired) electrons. The van der Waals surface area contributed by atoms with Crippen molar-refractivity contribution in [3.63, 3.8) is 0 Å². The highest BCUT2D eigenvalue weighted by Gasteiger charge is 2.31. The first-order valence-corrected chi connectivity index (χ1v) is 13.3. The van der Waals surface area contributed by atoms with Gasteiger partial charge in [-0.3, -0.25) is 0 Å². The number of aromatic nitrogens is 5. The molecule has 3 aromatic heterocycles. The zero-order valence-electron chi connectivity index (χ0n) is 21.4. The van der Waals surface area contributed by atoms with Crippen LogP contribution in [-0.4, -0.2) is 61.5 Å². The van der Waals surface area contributed by atoms with E-state index in [0.717, 1.165) is 44.3 Å². The molecular weight excluding hydrogens is 497 g/mol. The van der Waals surface area contributed by atoms with Gasteiger partial charge in [-0.2, -0.15) is 13.2 Å². The summed E-state index contributed by atoms with van der Waals surface area (Å²) in [7, 11) is 0. The van der Waals surface area contributed by atoms with Gasteiger partial charge in [-0.05, 0) is 43.6 Å². The molecule has 4 heterocycles. The maximum atomic E-state index is 12.9. The number of anilines is 1. The number of pyridine rings is 1. The molecule has 1 N–H and O–H groups in total. The fraction of sp³-hybridized carbons (Fsp3) is 0.593. The van der Waals surface area contributed by atoms with Crippen molar-refractivity contribution in [2.24, 2.45) is 5.92 Å². The number of alkyl halides is 3. The maximum Gasteiger partial charge on any atom is 0.389 e. The van der Waals surface area contributed by atoms with Gasteiger partial charge in [-0.25, -0.2) is 24.9 Å². The summed E-state index contributed by atoms with van der Waals surface area (Å²) >= 11 is 0. The van der Waals surface area contributed by atoms with Crippen LogP contribution in [0.1, 0.15) is 69.2 Å². The zero-order valence-corrected chi connectivity index (χ0v) is 21.4. The van der Waals surface area contributed by atoms with Gasteiger partial charge in [-0.1, -0.05) is 6.92 Å². The summed E-state index contributed by atoms with van der Waals surface area (Å²) in [5.74, 6) is 1.09. The Kier molecular flexibility index (Phi) is 7.92. The van der Waals surface area contributed by atoms with Gasteiger partial charge in [0.2, 0.25) is 11.8 Å². The fourth-order valence-electron chi connectivity index (χ4n) is 5.50. The molecule has 0 unspecified atom stereocenters. The molecule has 5 rings (SSSR count). The van der Waals surface area contributed by atoms with Gasteiger partial charge >= 0.3 is 6.18 Å². The van der Waals surface area contributed by atoms with E-state index in [-0.39, 0.29) is 24.5 Å². The second kappa shape index (κ2) is 11.3. The lowest BCUT2D eigenvalue weighted by molar-refractivity contribution is -0.143. The normalized spacial score (nSPS) is 22.0. The summed E-state index contributed by atoms with van der Waals surface area (Å²) < 4.78 is 45.1. The average Bonchev–Trinajstić information content (AvgIpc) is 2.89. The molecule has 204 valence electrons. The lowest BCUT2D eigenvalue weighted by atomic mass is 9.82. The van der Waals surface area contributed by atoms with Crippen LogP contribution in [0.4, 0.5) is 19.1 Å². The highest BCUT2D eigenvalue weighted by molar-refractivity contribution is 5.85. The Labute approximate surface area is 219 Å². The molecule has 1 atom stereocenters. The molecule has 2 fully saturated rings. The van der Waals surface area contributed by atoms with Crippen molar-refractivity contribution in [2.45, 2.75) is 82.6 Å². The Balaban J connectivity index is 1.37. The number of rotatable bonds is 7. The van der Waals surface area contributed by atoms with E-state index >= 15 is 0 Å². The molecule has 3 aromatic rings. The molecule has 0 bridgehead atoms. The standard InChI is InChI=1S/C27H33F3N6O2/c1-17(14-27(28,29)30)13-23-33-16-22-24(35-23)21(18-3-5-19(37)6-4-18)15-34-25(22)38-20-7-11-36(12-8-20)26-31-9-2-10-32-26/h2,9-10,15-20,37H,3-8,11-14H2,1H3/t17-,18?,19?/m1/s1. The van der Waals surface area contributed by atoms with Gasteiger partial charge in [0, 0.05) is 69.1 Å². The summed E-state index contributed by atoms with van der Waals surface area (Å²) in [5, 5.41) is 10.7. The molecule has 2 aliphatic rings. The van der Waals surface area contributed by atoms with Crippen LogP contribution in [0.3, 0.4) is 0 Å². The topological polar surface area (TPSA) is 97.2 Å². The number of ether oxygens (including phenoxy) is 1. The van der Waals surface area contributed by atoms with Crippen LogP contribution in [0.5, 0.6) is 5.88 Å². The highest BCUT2D eigenvalue weighted by atomic mass is 19.4. The minimum atomic E-state index is -4.22. The fourth-order valence-corrected chi connectivity index (χ4v) is 5.50. The van der Waals surface area contributed by atoms with Crippen LogP contribution in [-0.2, 0) is 6.42 Å². The number of fused-ring (bicyclic) bond motifs is 1. The molecule has 11 heteroatoms. The quantitative estimate of drug-likeness (QED) is 0.455. The van der Waals surface area contributed by atoms with E-state index in [1.165, 1.54) is 0 Å². The van der Waals surface area contributed by atoms with E-state index in [4.69, 9.17) is 9.72 Å². The van der Waals surface area contributed by atoms with Crippen LogP contribution in [0.25, 0.3) is 10.9 Å². The number of nitrogens with zero attached hydrogens (tertiary/aromatic N) is 6. The number of halogens is 3. The van der Waals surface area contributed by atoms with E-state index in [2.05, 4.69) is 24.8 Å². The Bertz CT molecular complexity index is 1210.